The maximum absolute atomic E-state index is 14.1. The fourth-order valence-electron chi connectivity index (χ4n) is 4.10. The predicted molar refractivity (Wildman–Crippen MR) is 129 cm³/mol. The maximum atomic E-state index is 14.1. The molecule has 4 aromatic rings. The first-order valence-electron chi connectivity index (χ1n) is 11.3. The molecule has 3 heterocycles. The summed E-state index contributed by atoms with van der Waals surface area (Å²) in [6, 6.07) is 14.2. The Balaban J connectivity index is 1.52. The van der Waals surface area contributed by atoms with Gasteiger partial charge in [0.15, 0.2) is 5.65 Å². The predicted octanol–water partition coefficient (Wildman–Crippen LogP) is 5.42. The van der Waals surface area contributed by atoms with Crippen molar-refractivity contribution in [3.05, 3.63) is 77.5 Å². The summed E-state index contributed by atoms with van der Waals surface area (Å²) in [6.45, 7) is 6.97. The van der Waals surface area contributed by atoms with E-state index in [1.165, 1.54) is 11.0 Å². The van der Waals surface area contributed by atoms with E-state index in [1.807, 2.05) is 41.1 Å². The maximum Gasteiger partial charge on any atom is 0.322 e. The van der Waals surface area contributed by atoms with Crippen LogP contribution >= 0.6 is 0 Å². The van der Waals surface area contributed by atoms with Gasteiger partial charge in [0.05, 0.1) is 30.2 Å². The lowest BCUT2D eigenvalue weighted by molar-refractivity contribution is 0.200. The average Bonchev–Trinajstić information content (AvgIpc) is 3.06. The Hall–Kier alpha value is -4.01. The number of nitrogens with one attached hydrogen (secondary N) is 1. The molecule has 1 N–H and O–H groups in total. The van der Waals surface area contributed by atoms with Gasteiger partial charge in [-0.15, -0.1) is 0 Å². The molecule has 0 aliphatic carbocycles. The lowest BCUT2D eigenvalue weighted by atomic mass is 9.90. The van der Waals surface area contributed by atoms with Gasteiger partial charge in [0.1, 0.15) is 18.2 Å². The first kappa shape index (κ1) is 22.8. The minimum atomic E-state index is -0.837. The highest BCUT2D eigenvalue weighted by atomic mass is 19.1. The second kappa shape index (κ2) is 8.65. The van der Waals surface area contributed by atoms with Crippen LogP contribution in [0.5, 0.6) is 5.88 Å². The minimum absolute atomic E-state index is 0.0884. The van der Waals surface area contributed by atoms with E-state index in [-0.39, 0.29) is 30.8 Å². The van der Waals surface area contributed by atoms with Crippen molar-refractivity contribution in [2.45, 2.75) is 32.7 Å². The van der Waals surface area contributed by atoms with E-state index in [2.05, 4.69) is 26.1 Å². The average molecular weight is 478 g/mol. The Morgan fingerprint density at radius 2 is 1.86 bits per heavy atom. The molecule has 2 aromatic carbocycles. The van der Waals surface area contributed by atoms with Crippen molar-refractivity contribution in [2.75, 3.05) is 18.5 Å². The second-order valence-corrected chi connectivity index (χ2v) is 9.49. The van der Waals surface area contributed by atoms with Crippen molar-refractivity contribution in [1.29, 1.82) is 0 Å². The van der Waals surface area contributed by atoms with Crippen molar-refractivity contribution >= 4 is 22.8 Å². The summed E-state index contributed by atoms with van der Waals surface area (Å²) in [6.07, 6.45) is 0. The largest absolute Gasteiger partial charge is 0.475 e. The van der Waals surface area contributed by atoms with Crippen LogP contribution in [0.2, 0.25) is 0 Å². The lowest BCUT2D eigenvalue weighted by Gasteiger charge is -2.20. The molecule has 1 aliphatic heterocycles. The molecular formula is C26H25F2N5O2. The molecule has 7 nitrogen and oxygen atoms in total. The Morgan fingerprint density at radius 1 is 1.09 bits per heavy atom. The summed E-state index contributed by atoms with van der Waals surface area (Å²) in [5, 5.41) is 8.27. The van der Waals surface area contributed by atoms with Crippen LogP contribution in [0.25, 0.3) is 16.7 Å². The van der Waals surface area contributed by atoms with Crippen LogP contribution in [0.1, 0.15) is 32.0 Å². The zero-order chi connectivity index (χ0) is 24.7. The molecule has 0 fully saturated rings. The van der Waals surface area contributed by atoms with Crippen LogP contribution < -0.4 is 10.1 Å². The molecule has 9 heteroatoms. The first-order valence-corrected chi connectivity index (χ1v) is 11.3. The highest BCUT2D eigenvalue weighted by Crippen LogP contribution is 2.34. The first-order chi connectivity index (χ1) is 16.7. The van der Waals surface area contributed by atoms with Crippen molar-refractivity contribution in [3.8, 4) is 11.6 Å². The fraction of sp³-hybridized carbons (Fsp3) is 0.269. The van der Waals surface area contributed by atoms with E-state index in [9.17, 15) is 13.6 Å². The van der Waals surface area contributed by atoms with Gasteiger partial charge in [0.2, 0.25) is 5.88 Å². The molecule has 0 radical (unpaired) electrons. The normalized spacial score (nSPS) is 13.8. The molecule has 1 aliphatic rings. The number of pyridine rings is 1. The number of anilines is 1. The van der Waals surface area contributed by atoms with E-state index < -0.39 is 17.7 Å². The van der Waals surface area contributed by atoms with Gasteiger partial charge < -0.3 is 15.0 Å². The van der Waals surface area contributed by atoms with Gasteiger partial charge in [-0.2, -0.15) is 10.1 Å². The van der Waals surface area contributed by atoms with Crippen molar-refractivity contribution in [2.24, 2.45) is 0 Å². The summed E-state index contributed by atoms with van der Waals surface area (Å²) in [7, 11) is 0. The van der Waals surface area contributed by atoms with Gasteiger partial charge in [-0.1, -0.05) is 39.0 Å². The summed E-state index contributed by atoms with van der Waals surface area (Å²) in [5.74, 6) is -1.12. The van der Waals surface area contributed by atoms with E-state index in [1.54, 1.807) is 0 Å². The van der Waals surface area contributed by atoms with E-state index in [4.69, 9.17) is 14.8 Å². The third-order valence-electron chi connectivity index (χ3n) is 5.83. The zero-order valence-electron chi connectivity index (χ0n) is 19.7. The molecule has 0 unspecified atom stereocenters. The standard InChI is InChI=1S/C26H25F2N5O2/c1-26(2,3)22-19-13-16-15-32(25(34)29-21-10-9-17(27)14-20(21)28)11-12-35-24(16)30-23(19)33(31-22)18-7-5-4-6-8-18/h4-10,13-14H,11-12,15H2,1-3H3,(H,29,34). The number of nitrogens with zero attached hydrogens (tertiary/aromatic N) is 4. The molecule has 0 spiro atoms. The van der Waals surface area contributed by atoms with Crippen molar-refractivity contribution in [1.82, 2.24) is 19.7 Å². The fourth-order valence-corrected chi connectivity index (χ4v) is 4.10. The molecule has 180 valence electrons. The number of ether oxygens (including phenoxy) is 1. The van der Waals surface area contributed by atoms with Gasteiger partial charge >= 0.3 is 6.03 Å². The zero-order valence-corrected chi connectivity index (χ0v) is 19.7. The number of fused-ring (bicyclic) bond motifs is 2. The summed E-state index contributed by atoms with van der Waals surface area (Å²) in [5.41, 5.74) is 2.82. The number of hydrogen-bond donors (Lipinski definition) is 1. The van der Waals surface area contributed by atoms with E-state index in [0.717, 1.165) is 34.5 Å². The van der Waals surface area contributed by atoms with E-state index >= 15 is 0 Å². The molecule has 5 rings (SSSR count). The molecule has 2 amide bonds. The number of carbonyl (C=O) groups excluding carboxylic acids is 1. The van der Waals surface area contributed by atoms with Crippen LogP contribution in [0, 0.1) is 11.6 Å². The molecule has 0 saturated carbocycles. The quantitative estimate of drug-likeness (QED) is 0.418. The van der Waals surface area contributed by atoms with Crippen molar-refractivity contribution in [3.63, 3.8) is 0 Å². The van der Waals surface area contributed by atoms with Crippen LogP contribution in [-0.2, 0) is 12.0 Å². The number of rotatable bonds is 2. The lowest BCUT2D eigenvalue weighted by Crippen LogP contribution is -2.36. The number of urea groups is 1. The van der Waals surface area contributed by atoms with Gasteiger partial charge in [-0.25, -0.2) is 18.3 Å². The van der Waals surface area contributed by atoms with Crippen LogP contribution in [0.15, 0.2) is 54.6 Å². The molecule has 0 bridgehead atoms. The highest BCUT2D eigenvalue weighted by molar-refractivity contribution is 5.90. The molecular weight excluding hydrogens is 452 g/mol. The Labute approximate surface area is 201 Å². The monoisotopic (exact) mass is 477 g/mol. The summed E-state index contributed by atoms with van der Waals surface area (Å²) in [4.78, 5) is 19.2. The number of amides is 2. The van der Waals surface area contributed by atoms with Crippen LogP contribution in [0.3, 0.4) is 0 Å². The smallest absolute Gasteiger partial charge is 0.322 e. The van der Waals surface area contributed by atoms with Crippen LogP contribution in [-0.4, -0.2) is 38.8 Å². The number of para-hydroxylation sites is 1. The number of hydrogen-bond acceptors (Lipinski definition) is 4. The third-order valence-corrected chi connectivity index (χ3v) is 5.83. The molecule has 0 saturated heterocycles. The number of carbonyl (C=O) groups is 1. The van der Waals surface area contributed by atoms with Gasteiger partial charge in [-0.3, -0.25) is 0 Å². The number of benzene rings is 2. The van der Waals surface area contributed by atoms with E-state index in [0.29, 0.717) is 11.5 Å². The second-order valence-electron chi connectivity index (χ2n) is 9.49. The Kier molecular flexibility index (Phi) is 5.62. The van der Waals surface area contributed by atoms with Gasteiger partial charge in [0.25, 0.3) is 0 Å². The van der Waals surface area contributed by atoms with Crippen molar-refractivity contribution < 1.29 is 18.3 Å². The number of aromatic nitrogens is 3. The summed E-state index contributed by atoms with van der Waals surface area (Å²) >= 11 is 0. The molecule has 35 heavy (non-hydrogen) atoms. The summed E-state index contributed by atoms with van der Waals surface area (Å²) < 4.78 is 35.0. The van der Waals surface area contributed by atoms with Gasteiger partial charge in [-0.05, 0) is 30.3 Å². The Bertz CT molecular complexity index is 1410. The van der Waals surface area contributed by atoms with Gasteiger partial charge in [0, 0.05) is 22.4 Å². The van der Waals surface area contributed by atoms with Crippen LogP contribution in [0.4, 0.5) is 19.3 Å². The topological polar surface area (TPSA) is 72.3 Å². The third kappa shape index (κ3) is 4.41. The molecule has 2 aromatic heterocycles. The SMILES string of the molecule is CC(C)(C)c1nn(-c2ccccc2)c2nc3c(cc12)CN(C(=O)Nc1ccc(F)cc1F)CCO3. The molecule has 0 atom stereocenters. The Morgan fingerprint density at radius 3 is 2.57 bits per heavy atom. The highest BCUT2D eigenvalue weighted by Gasteiger charge is 2.28. The number of halogens is 2. The minimum Gasteiger partial charge on any atom is -0.475 e.